The number of nitrogens with zero attached hydrogens (tertiary/aromatic N) is 1. The molecule has 2 rings (SSSR count). The van der Waals surface area contributed by atoms with Gasteiger partial charge in [0.2, 0.25) is 0 Å². The van der Waals surface area contributed by atoms with Crippen LogP contribution in [0.1, 0.15) is 19.8 Å². The number of hydrogen-bond acceptors (Lipinski definition) is 5. The van der Waals surface area contributed by atoms with Gasteiger partial charge < -0.3 is 19.1 Å². The van der Waals surface area contributed by atoms with E-state index in [0.717, 1.165) is 5.39 Å². The second-order valence-electron chi connectivity index (χ2n) is 4.26. The van der Waals surface area contributed by atoms with Crippen molar-refractivity contribution in [2.45, 2.75) is 25.9 Å². The van der Waals surface area contributed by atoms with Gasteiger partial charge in [0.15, 0.2) is 5.58 Å². The van der Waals surface area contributed by atoms with E-state index in [1.54, 1.807) is 11.4 Å². The maximum absolute atomic E-state index is 9.58. The highest BCUT2D eigenvalue weighted by molar-refractivity contribution is 9.10. The SMILES string of the molecule is CCOc1noc2cc(OCCC(O)C[CH]Br)ccc12. The first-order valence-corrected chi connectivity index (χ1v) is 7.41. The van der Waals surface area contributed by atoms with E-state index in [1.165, 1.54) is 0 Å². The third-order valence-electron chi connectivity index (χ3n) is 2.77. The zero-order valence-corrected chi connectivity index (χ0v) is 12.8. The topological polar surface area (TPSA) is 64.7 Å². The van der Waals surface area contributed by atoms with Gasteiger partial charge in [0.05, 0.1) is 24.7 Å². The normalized spacial score (nSPS) is 12.6. The first-order chi connectivity index (χ1) is 9.74. The van der Waals surface area contributed by atoms with Crippen LogP contribution in [0.2, 0.25) is 0 Å². The number of ether oxygens (including phenoxy) is 2. The van der Waals surface area contributed by atoms with E-state index < -0.39 is 6.10 Å². The lowest BCUT2D eigenvalue weighted by molar-refractivity contribution is 0.140. The Morgan fingerprint density at radius 1 is 1.45 bits per heavy atom. The molecule has 0 aliphatic rings. The van der Waals surface area contributed by atoms with Crippen molar-refractivity contribution in [3.8, 4) is 11.6 Å². The zero-order chi connectivity index (χ0) is 14.4. The molecule has 5 nitrogen and oxygen atoms in total. The monoisotopic (exact) mass is 342 g/mol. The molecule has 0 amide bonds. The summed E-state index contributed by atoms with van der Waals surface area (Å²) in [6.07, 6.45) is 0.774. The van der Waals surface area contributed by atoms with Crippen molar-refractivity contribution in [3.05, 3.63) is 23.5 Å². The average molecular weight is 343 g/mol. The van der Waals surface area contributed by atoms with Crippen LogP contribution in [0.3, 0.4) is 0 Å². The molecule has 0 saturated heterocycles. The van der Waals surface area contributed by atoms with Crippen LogP contribution < -0.4 is 9.47 Å². The minimum absolute atomic E-state index is 0.395. The summed E-state index contributed by atoms with van der Waals surface area (Å²) in [4.78, 5) is 0. The number of fused-ring (bicyclic) bond motifs is 1. The van der Waals surface area contributed by atoms with Gasteiger partial charge in [-0.15, -0.1) is 0 Å². The minimum Gasteiger partial charge on any atom is -0.493 e. The summed E-state index contributed by atoms with van der Waals surface area (Å²) < 4.78 is 16.1. The average Bonchev–Trinajstić information content (AvgIpc) is 2.82. The predicted molar refractivity (Wildman–Crippen MR) is 79.1 cm³/mol. The highest BCUT2D eigenvalue weighted by Crippen LogP contribution is 2.28. The van der Waals surface area contributed by atoms with Crippen molar-refractivity contribution >= 4 is 26.9 Å². The fraction of sp³-hybridized carbons (Fsp3) is 0.429. The molecule has 1 aromatic carbocycles. The molecule has 1 heterocycles. The number of aromatic nitrogens is 1. The molecule has 0 aliphatic heterocycles. The van der Waals surface area contributed by atoms with Crippen LogP contribution in [0.25, 0.3) is 11.0 Å². The maximum atomic E-state index is 9.58. The summed E-state index contributed by atoms with van der Waals surface area (Å²) in [5, 5.41) is 16.0. The summed E-state index contributed by atoms with van der Waals surface area (Å²) in [6, 6.07) is 5.47. The van der Waals surface area contributed by atoms with E-state index in [4.69, 9.17) is 14.0 Å². The Hall–Kier alpha value is -1.27. The lowest BCUT2D eigenvalue weighted by Crippen LogP contribution is -2.11. The van der Waals surface area contributed by atoms with Crippen LogP contribution in [-0.4, -0.2) is 29.6 Å². The van der Waals surface area contributed by atoms with Gasteiger partial charge in [-0.3, -0.25) is 0 Å². The van der Waals surface area contributed by atoms with Crippen molar-refractivity contribution in [2.24, 2.45) is 0 Å². The Morgan fingerprint density at radius 3 is 3.05 bits per heavy atom. The van der Waals surface area contributed by atoms with Gasteiger partial charge in [-0.2, -0.15) is 0 Å². The lowest BCUT2D eigenvalue weighted by Gasteiger charge is -2.09. The summed E-state index contributed by atoms with van der Waals surface area (Å²) in [7, 11) is 0. The minimum atomic E-state index is -0.395. The molecule has 6 heteroatoms. The number of aliphatic hydroxyl groups excluding tert-OH is 1. The summed E-state index contributed by atoms with van der Waals surface area (Å²) in [5.74, 6) is 1.18. The third kappa shape index (κ3) is 3.86. The summed E-state index contributed by atoms with van der Waals surface area (Å²) in [5.41, 5.74) is 0.625. The molecular formula is C14H17BrNO4. The number of halogens is 1. The van der Waals surface area contributed by atoms with Crippen molar-refractivity contribution in [3.63, 3.8) is 0 Å². The van der Waals surface area contributed by atoms with Crippen LogP contribution in [0.15, 0.2) is 22.7 Å². The standard InChI is InChI=1S/C14H17BrNO4/c1-2-18-14-12-4-3-11(9-13(12)20-16-14)19-8-6-10(17)5-7-15/h3-4,7,9-10,17H,2,5-6,8H2,1H3. The first kappa shape index (κ1) is 15.1. The Morgan fingerprint density at radius 2 is 2.30 bits per heavy atom. The quantitative estimate of drug-likeness (QED) is 0.797. The van der Waals surface area contributed by atoms with E-state index in [1.807, 2.05) is 19.1 Å². The molecule has 20 heavy (non-hydrogen) atoms. The van der Waals surface area contributed by atoms with Crippen LogP contribution in [0, 0.1) is 5.33 Å². The maximum Gasteiger partial charge on any atom is 0.262 e. The second kappa shape index (κ2) is 7.50. The van der Waals surface area contributed by atoms with Gasteiger partial charge in [0.25, 0.3) is 5.88 Å². The molecule has 1 radical (unpaired) electrons. The molecule has 0 fully saturated rings. The van der Waals surface area contributed by atoms with Crippen LogP contribution in [0.4, 0.5) is 0 Å². The molecule has 1 unspecified atom stereocenters. The van der Waals surface area contributed by atoms with E-state index in [9.17, 15) is 5.11 Å². The third-order valence-corrected chi connectivity index (χ3v) is 3.15. The molecule has 1 N–H and O–H groups in total. The number of rotatable bonds is 8. The van der Waals surface area contributed by atoms with Gasteiger partial charge in [-0.1, -0.05) is 15.9 Å². The van der Waals surface area contributed by atoms with Crippen molar-refractivity contribution in [1.82, 2.24) is 5.16 Å². The molecule has 0 bridgehead atoms. The molecular weight excluding hydrogens is 326 g/mol. The largest absolute Gasteiger partial charge is 0.493 e. The van der Waals surface area contributed by atoms with Gasteiger partial charge in [-0.05, 0) is 30.6 Å². The zero-order valence-electron chi connectivity index (χ0n) is 11.2. The van der Waals surface area contributed by atoms with Crippen molar-refractivity contribution < 1.29 is 19.1 Å². The summed E-state index contributed by atoms with van der Waals surface area (Å²) in [6.45, 7) is 2.88. The molecule has 2 aromatic rings. The fourth-order valence-electron chi connectivity index (χ4n) is 1.76. The molecule has 0 spiro atoms. The van der Waals surface area contributed by atoms with Crippen molar-refractivity contribution in [2.75, 3.05) is 13.2 Å². The number of hydrogen-bond donors (Lipinski definition) is 1. The van der Waals surface area contributed by atoms with Gasteiger partial charge in [-0.25, -0.2) is 0 Å². The molecule has 1 atom stereocenters. The highest BCUT2D eigenvalue weighted by Gasteiger charge is 2.10. The van der Waals surface area contributed by atoms with Crippen molar-refractivity contribution in [1.29, 1.82) is 0 Å². The van der Waals surface area contributed by atoms with E-state index >= 15 is 0 Å². The number of aliphatic hydroxyl groups is 1. The van der Waals surface area contributed by atoms with E-state index in [0.29, 0.717) is 43.3 Å². The lowest BCUT2D eigenvalue weighted by atomic mass is 10.2. The molecule has 1 aromatic heterocycles. The number of benzene rings is 1. The van der Waals surface area contributed by atoms with E-state index in [-0.39, 0.29) is 0 Å². The van der Waals surface area contributed by atoms with Gasteiger partial charge >= 0.3 is 0 Å². The smallest absolute Gasteiger partial charge is 0.262 e. The second-order valence-corrected chi connectivity index (χ2v) is 4.91. The predicted octanol–water partition coefficient (Wildman–Crippen LogP) is 3.30. The van der Waals surface area contributed by atoms with Gasteiger partial charge in [0.1, 0.15) is 5.75 Å². The Labute approximate surface area is 126 Å². The molecule has 0 aliphatic carbocycles. The Balaban J connectivity index is 1.95. The Kier molecular flexibility index (Phi) is 5.67. The fourth-order valence-corrected chi connectivity index (χ4v) is 2.19. The summed E-state index contributed by atoms with van der Waals surface area (Å²) >= 11 is 3.17. The Bertz CT molecular complexity index is 543. The highest BCUT2D eigenvalue weighted by atomic mass is 79.9. The molecule has 109 valence electrons. The van der Waals surface area contributed by atoms with Crippen LogP contribution >= 0.6 is 15.9 Å². The van der Waals surface area contributed by atoms with Gasteiger partial charge in [0, 0.05) is 17.8 Å². The van der Waals surface area contributed by atoms with Crippen LogP contribution in [-0.2, 0) is 0 Å². The van der Waals surface area contributed by atoms with Crippen LogP contribution in [0.5, 0.6) is 11.6 Å². The molecule has 0 saturated carbocycles. The van der Waals surface area contributed by atoms with E-state index in [2.05, 4.69) is 21.1 Å². The first-order valence-electron chi connectivity index (χ1n) is 6.49.